The molecular formula is C11H9ClF4O2. The van der Waals surface area contributed by atoms with Crippen LogP contribution in [0.5, 0.6) is 5.75 Å². The lowest BCUT2D eigenvalue weighted by molar-refractivity contribution is -0.140. The Morgan fingerprint density at radius 3 is 2.50 bits per heavy atom. The summed E-state index contributed by atoms with van der Waals surface area (Å²) in [6.45, 7) is 1.58. The van der Waals surface area contributed by atoms with E-state index in [1.807, 2.05) is 0 Å². The first-order valence-electron chi connectivity index (χ1n) is 4.98. The van der Waals surface area contributed by atoms with Crippen molar-refractivity contribution in [2.75, 3.05) is 0 Å². The molecule has 0 bridgehead atoms. The van der Waals surface area contributed by atoms with Gasteiger partial charge in [-0.3, -0.25) is 4.79 Å². The molecule has 1 unspecified atom stereocenters. The van der Waals surface area contributed by atoms with Crippen molar-refractivity contribution >= 4 is 16.8 Å². The number of rotatable bonds is 4. The van der Waals surface area contributed by atoms with Crippen molar-refractivity contribution in [3.05, 3.63) is 29.6 Å². The van der Waals surface area contributed by atoms with Gasteiger partial charge in [0.05, 0.1) is 5.56 Å². The van der Waals surface area contributed by atoms with Gasteiger partial charge in [-0.2, -0.15) is 13.2 Å². The third-order valence-corrected chi connectivity index (χ3v) is 2.39. The summed E-state index contributed by atoms with van der Waals surface area (Å²) in [5.41, 5.74) is -1.45. The average Bonchev–Trinajstić information content (AvgIpc) is 2.25. The van der Waals surface area contributed by atoms with Gasteiger partial charge in [0, 0.05) is 0 Å². The maximum Gasteiger partial charge on any atom is 0.419 e. The molecule has 0 amide bonds. The standard InChI is InChI=1S/C11H9ClF4O2/c1-2-9(10(12)17)18-6-3-4-8(13)7(5-6)11(14,15)16/h3-5,9H,2H2,1H3. The maximum absolute atomic E-state index is 13.0. The van der Waals surface area contributed by atoms with E-state index in [1.54, 1.807) is 6.92 Å². The van der Waals surface area contributed by atoms with Gasteiger partial charge in [-0.05, 0) is 36.2 Å². The van der Waals surface area contributed by atoms with Crippen LogP contribution in [0.1, 0.15) is 18.9 Å². The third kappa shape index (κ3) is 3.60. The van der Waals surface area contributed by atoms with E-state index in [9.17, 15) is 22.4 Å². The quantitative estimate of drug-likeness (QED) is 0.621. The van der Waals surface area contributed by atoms with Crippen LogP contribution < -0.4 is 4.74 Å². The van der Waals surface area contributed by atoms with E-state index < -0.39 is 28.9 Å². The van der Waals surface area contributed by atoms with E-state index in [2.05, 4.69) is 0 Å². The highest BCUT2D eigenvalue weighted by Gasteiger charge is 2.34. The van der Waals surface area contributed by atoms with E-state index in [4.69, 9.17) is 16.3 Å². The largest absolute Gasteiger partial charge is 0.481 e. The van der Waals surface area contributed by atoms with Gasteiger partial charge in [-0.1, -0.05) is 6.92 Å². The summed E-state index contributed by atoms with van der Waals surface area (Å²) in [5, 5.41) is -0.824. The van der Waals surface area contributed by atoms with Gasteiger partial charge in [0.1, 0.15) is 11.6 Å². The number of benzene rings is 1. The third-order valence-electron chi connectivity index (χ3n) is 2.15. The van der Waals surface area contributed by atoms with E-state index in [-0.39, 0.29) is 12.2 Å². The van der Waals surface area contributed by atoms with Crippen molar-refractivity contribution in [3.8, 4) is 5.75 Å². The minimum absolute atomic E-state index is 0.195. The molecule has 1 atom stereocenters. The minimum Gasteiger partial charge on any atom is -0.481 e. The Morgan fingerprint density at radius 2 is 2.06 bits per heavy atom. The number of hydrogen-bond acceptors (Lipinski definition) is 2. The fraction of sp³-hybridized carbons (Fsp3) is 0.364. The molecule has 0 radical (unpaired) electrons. The van der Waals surface area contributed by atoms with Gasteiger partial charge in [-0.15, -0.1) is 0 Å². The highest BCUT2D eigenvalue weighted by molar-refractivity contribution is 6.64. The lowest BCUT2D eigenvalue weighted by Crippen LogP contribution is -2.22. The van der Waals surface area contributed by atoms with Crippen LogP contribution in [0, 0.1) is 5.82 Å². The summed E-state index contributed by atoms with van der Waals surface area (Å²) in [4.78, 5) is 10.9. The van der Waals surface area contributed by atoms with E-state index in [0.29, 0.717) is 12.1 Å². The molecule has 2 nitrogen and oxygen atoms in total. The average molecular weight is 285 g/mol. The summed E-state index contributed by atoms with van der Waals surface area (Å²) < 4.78 is 55.2. The Bertz CT molecular complexity index is 445. The van der Waals surface area contributed by atoms with Gasteiger partial charge < -0.3 is 4.74 Å². The molecule has 18 heavy (non-hydrogen) atoms. The van der Waals surface area contributed by atoms with Gasteiger partial charge in [-0.25, -0.2) is 4.39 Å². The van der Waals surface area contributed by atoms with Gasteiger partial charge in [0.25, 0.3) is 5.24 Å². The molecule has 0 aliphatic heterocycles. The minimum atomic E-state index is -4.82. The predicted octanol–water partition coefficient (Wildman–Crippen LogP) is 3.77. The Hall–Kier alpha value is -1.30. The molecule has 0 saturated carbocycles. The van der Waals surface area contributed by atoms with Crippen LogP contribution in [0.15, 0.2) is 18.2 Å². The van der Waals surface area contributed by atoms with E-state index >= 15 is 0 Å². The number of ether oxygens (including phenoxy) is 1. The zero-order valence-corrected chi connectivity index (χ0v) is 9.98. The highest BCUT2D eigenvalue weighted by Crippen LogP contribution is 2.33. The zero-order valence-electron chi connectivity index (χ0n) is 9.22. The molecule has 0 heterocycles. The predicted molar refractivity (Wildman–Crippen MR) is 57.0 cm³/mol. The van der Waals surface area contributed by atoms with Crippen LogP contribution in [-0.4, -0.2) is 11.3 Å². The van der Waals surface area contributed by atoms with Crippen molar-refractivity contribution in [1.82, 2.24) is 0 Å². The molecule has 0 spiro atoms. The molecule has 1 aromatic carbocycles. The number of hydrogen-bond donors (Lipinski definition) is 0. The number of alkyl halides is 3. The van der Waals surface area contributed by atoms with Gasteiger partial charge in [0.15, 0.2) is 6.10 Å². The van der Waals surface area contributed by atoms with E-state index in [0.717, 1.165) is 6.07 Å². The molecule has 0 fully saturated rings. The second-order valence-corrected chi connectivity index (χ2v) is 3.83. The van der Waals surface area contributed by atoms with Crippen molar-refractivity contribution in [1.29, 1.82) is 0 Å². The Morgan fingerprint density at radius 1 is 1.44 bits per heavy atom. The number of carbonyl (C=O) groups excluding carboxylic acids is 1. The summed E-state index contributed by atoms with van der Waals surface area (Å²) >= 11 is 5.19. The molecule has 7 heteroatoms. The topological polar surface area (TPSA) is 26.3 Å². The van der Waals surface area contributed by atoms with E-state index in [1.165, 1.54) is 0 Å². The Labute approximate surface area is 105 Å². The van der Waals surface area contributed by atoms with Crippen LogP contribution in [0.3, 0.4) is 0 Å². The molecule has 0 aliphatic carbocycles. The van der Waals surface area contributed by atoms with Crippen molar-refractivity contribution in [3.63, 3.8) is 0 Å². The van der Waals surface area contributed by atoms with Crippen LogP contribution in [0.4, 0.5) is 17.6 Å². The van der Waals surface area contributed by atoms with Crippen LogP contribution in [0.2, 0.25) is 0 Å². The molecule has 0 N–H and O–H groups in total. The van der Waals surface area contributed by atoms with Gasteiger partial charge in [0.2, 0.25) is 0 Å². The molecule has 1 rings (SSSR count). The fourth-order valence-electron chi connectivity index (χ4n) is 1.25. The van der Waals surface area contributed by atoms with Crippen molar-refractivity contribution in [2.45, 2.75) is 25.6 Å². The molecule has 0 saturated heterocycles. The van der Waals surface area contributed by atoms with Crippen molar-refractivity contribution in [2.24, 2.45) is 0 Å². The normalized spacial score (nSPS) is 13.2. The maximum atomic E-state index is 13.0. The smallest absolute Gasteiger partial charge is 0.419 e. The SMILES string of the molecule is CCC(Oc1ccc(F)c(C(F)(F)F)c1)C(=O)Cl. The molecule has 0 aliphatic rings. The fourth-order valence-corrected chi connectivity index (χ4v) is 1.45. The summed E-state index contributed by atoms with van der Waals surface area (Å²) in [6, 6.07) is 2.13. The molecular weight excluding hydrogens is 276 g/mol. The zero-order chi connectivity index (χ0) is 13.9. The second-order valence-electron chi connectivity index (χ2n) is 3.46. The summed E-state index contributed by atoms with van der Waals surface area (Å²) in [6.07, 6.45) is -5.68. The van der Waals surface area contributed by atoms with Crippen molar-refractivity contribution < 1.29 is 27.1 Å². The first-order valence-corrected chi connectivity index (χ1v) is 5.36. The van der Waals surface area contributed by atoms with Crippen LogP contribution in [-0.2, 0) is 11.0 Å². The lowest BCUT2D eigenvalue weighted by Gasteiger charge is -2.15. The highest BCUT2D eigenvalue weighted by atomic mass is 35.5. The molecule has 1 aromatic rings. The summed E-state index contributed by atoms with van der Waals surface area (Å²) in [7, 11) is 0. The van der Waals surface area contributed by atoms with Gasteiger partial charge >= 0.3 is 6.18 Å². The molecule has 0 aromatic heterocycles. The second kappa shape index (κ2) is 5.56. The van der Waals surface area contributed by atoms with Crippen LogP contribution >= 0.6 is 11.6 Å². The first-order chi connectivity index (χ1) is 8.25. The number of halogens is 5. The Kier molecular flexibility index (Phi) is 4.56. The monoisotopic (exact) mass is 284 g/mol. The Balaban J connectivity index is 3.02. The lowest BCUT2D eigenvalue weighted by atomic mass is 10.2. The van der Waals surface area contributed by atoms with Crippen LogP contribution in [0.25, 0.3) is 0 Å². The molecule has 100 valence electrons. The number of carbonyl (C=O) groups is 1. The summed E-state index contributed by atoms with van der Waals surface area (Å²) in [5.74, 6) is -1.66. The first kappa shape index (κ1) is 14.8.